The summed E-state index contributed by atoms with van der Waals surface area (Å²) in [5.41, 5.74) is 5.29. The Balaban J connectivity index is 2.30. The predicted molar refractivity (Wildman–Crippen MR) is 35.8 cm³/mol. The van der Waals surface area contributed by atoms with Gasteiger partial charge in [-0.1, -0.05) is 0 Å². The number of rotatable bonds is 1. The van der Waals surface area contributed by atoms with E-state index in [0.717, 1.165) is 19.5 Å². The zero-order valence-electron chi connectivity index (χ0n) is 5.75. The van der Waals surface area contributed by atoms with Crippen molar-refractivity contribution in [2.24, 2.45) is 11.7 Å². The van der Waals surface area contributed by atoms with Crippen LogP contribution in [0.2, 0.25) is 0 Å². The fourth-order valence-electron chi connectivity index (χ4n) is 1.25. The average molecular weight is 130 g/mol. The monoisotopic (exact) mass is 130 g/mol. The smallest absolute Gasteiger partial charge is 0.106 e. The molecule has 3 N–H and O–H groups in total. The van der Waals surface area contributed by atoms with Crippen molar-refractivity contribution in [3.63, 3.8) is 0 Å². The van der Waals surface area contributed by atoms with Gasteiger partial charge in [0, 0.05) is 12.5 Å². The molecule has 0 saturated carbocycles. The SMILES string of the molecule is CN1CCC(C(N)O)C1. The van der Waals surface area contributed by atoms with Crippen LogP contribution in [0.3, 0.4) is 0 Å². The maximum atomic E-state index is 8.92. The van der Waals surface area contributed by atoms with Gasteiger partial charge in [0.1, 0.15) is 6.23 Å². The fraction of sp³-hybridized carbons (Fsp3) is 1.00. The molecule has 2 unspecified atom stereocenters. The lowest BCUT2D eigenvalue weighted by Crippen LogP contribution is -2.31. The van der Waals surface area contributed by atoms with E-state index in [2.05, 4.69) is 4.90 Å². The summed E-state index contributed by atoms with van der Waals surface area (Å²) in [6.45, 7) is 2.01. The molecular formula is C6H14N2O. The second-order valence-electron chi connectivity index (χ2n) is 2.80. The molecule has 0 aromatic carbocycles. The maximum absolute atomic E-state index is 8.92. The third-order valence-corrected chi connectivity index (χ3v) is 1.91. The summed E-state index contributed by atoms with van der Waals surface area (Å²) >= 11 is 0. The highest BCUT2D eigenvalue weighted by atomic mass is 16.3. The van der Waals surface area contributed by atoms with Gasteiger partial charge >= 0.3 is 0 Å². The van der Waals surface area contributed by atoms with E-state index < -0.39 is 6.23 Å². The van der Waals surface area contributed by atoms with Gasteiger partial charge in [-0.2, -0.15) is 0 Å². The Labute approximate surface area is 55.5 Å². The number of aliphatic hydroxyl groups is 1. The van der Waals surface area contributed by atoms with E-state index in [9.17, 15) is 0 Å². The Morgan fingerprint density at radius 3 is 2.67 bits per heavy atom. The van der Waals surface area contributed by atoms with Crippen LogP contribution in [-0.4, -0.2) is 36.4 Å². The first-order valence-electron chi connectivity index (χ1n) is 3.32. The molecule has 1 heterocycles. The minimum absolute atomic E-state index is 0.301. The number of nitrogens with two attached hydrogens (primary N) is 1. The third kappa shape index (κ3) is 1.64. The van der Waals surface area contributed by atoms with Crippen LogP contribution >= 0.6 is 0 Å². The van der Waals surface area contributed by atoms with Crippen LogP contribution in [0, 0.1) is 5.92 Å². The summed E-state index contributed by atoms with van der Waals surface area (Å²) in [5, 5.41) is 8.92. The van der Waals surface area contributed by atoms with E-state index in [1.807, 2.05) is 7.05 Å². The normalized spacial score (nSPS) is 33.0. The first kappa shape index (κ1) is 6.99. The minimum atomic E-state index is -0.616. The van der Waals surface area contributed by atoms with Crippen molar-refractivity contribution in [3.05, 3.63) is 0 Å². The van der Waals surface area contributed by atoms with Gasteiger partial charge in [-0.05, 0) is 20.0 Å². The summed E-state index contributed by atoms with van der Waals surface area (Å²) in [6, 6.07) is 0. The highest BCUT2D eigenvalue weighted by molar-refractivity contribution is 4.75. The molecule has 3 nitrogen and oxygen atoms in total. The molecular weight excluding hydrogens is 116 g/mol. The summed E-state index contributed by atoms with van der Waals surface area (Å²) in [7, 11) is 2.04. The van der Waals surface area contributed by atoms with Crippen LogP contribution in [0.5, 0.6) is 0 Å². The highest BCUT2D eigenvalue weighted by Gasteiger charge is 2.23. The van der Waals surface area contributed by atoms with Crippen molar-refractivity contribution < 1.29 is 5.11 Å². The Kier molecular flexibility index (Phi) is 2.05. The van der Waals surface area contributed by atoms with E-state index in [4.69, 9.17) is 10.8 Å². The van der Waals surface area contributed by atoms with Crippen molar-refractivity contribution in [1.82, 2.24) is 4.90 Å². The van der Waals surface area contributed by atoms with Crippen molar-refractivity contribution in [2.75, 3.05) is 20.1 Å². The van der Waals surface area contributed by atoms with Gasteiger partial charge in [-0.3, -0.25) is 0 Å². The summed E-state index contributed by atoms with van der Waals surface area (Å²) in [6.07, 6.45) is 0.420. The summed E-state index contributed by atoms with van der Waals surface area (Å²) < 4.78 is 0. The average Bonchev–Trinajstić information content (AvgIpc) is 2.14. The van der Waals surface area contributed by atoms with Crippen LogP contribution in [0.4, 0.5) is 0 Å². The molecule has 1 aliphatic heterocycles. The van der Waals surface area contributed by atoms with E-state index >= 15 is 0 Å². The second-order valence-corrected chi connectivity index (χ2v) is 2.80. The number of likely N-dealkylation sites (tertiary alicyclic amines) is 1. The van der Waals surface area contributed by atoms with Gasteiger partial charge < -0.3 is 15.7 Å². The number of hydrogen-bond donors (Lipinski definition) is 2. The number of hydrogen-bond acceptors (Lipinski definition) is 3. The molecule has 0 radical (unpaired) electrons. The van der Waals surface area contributed by atoms with Crippen molar-refractivity contribution in [1.29, 1.82) is 0 Å². The maximum Gasteiger partial charge on any atom is 0.106 e. The van der Waals surface area contributed by atoms with Crippen LogP contribution in [-0.2, 0) is 0 Å². The Hall–Kier alpha value is -0.120. The number of nitrogens with zero attached hydrogens (tertiary/aromatic N) is 1. The summed E-state index contributed by atoms with van der Waals surface area (Å²) in [4.78, 5) is 2.18. The standard InChI is InChI=1S/C6H14N2O/c1-8-3-2-5(4-8)6(7)9/h5-6,9H,2-4,7H2,1H3. The molecule has 1 aliphatic rings. The van der Waals surface area contributed by atoms with Gasteiger partial charge in [0.25, 0.3) is 0 Å². The summed E-state index contributed by atoms with van der Waals surface area (Å²) in [5.74, 6) is 0.301. The molecule has 0 bridgehead atoms. The van der Waals surface area contributed by atoms with Gasteiger partial charge in [0.15, 0.2) is 0 Å². The lowest BCUT2D eigenvalue weighted by Gasteiger charge is -2.12. The largest absolute Gasteiger partial charge is 0.378 e. The Morgan fingerprint density at radius 1 is 1.78 bits per heavy atom. The Morgan fingerprint density at radius 2 is 2.44 bits per heavy atom. The zero-order valence-corrected chi connectivity index (χ0v) is 5.75. The van der Waals surface area contributed by atoms with Gasteiger partial charge in [-0.15, -0.1) is 0 Å². The molecule has 3 heteroatoms. The number of aliphatic hydroxyl groups excluding tert-OH is 1. The molecule has 2 atom stereocenters. The van der Waals surface area contributed by atoms with Gasteiger partial charge in [-0.25, -0.2) is 0 Å². The van der Waals surface area contributed by atoms with Crippen LogP contribution in [0.1, 0.15) is 6.42 Å². The third-order valence-electron chi connectivity index (χ3n) is 1.91. The van der Waals surface area contributed by atoms with Crippen LogP contribution in [0.15, 0.2) is 0 Å². The van der Waals surface area contributed by atoms with Crippen molar-refractivity contribution in [3.8, 4) is 0 Å². The lowest BCUT2D eigenvalue weighted by molar-refractivity contribution is 0.118. The van der Waals surface area contributed by atoms with E-state index in [1.165, 1.54) is 0 Å². The van der Waals surface area contributed by atoms with Crippen LogP contribution < -0.4 is 5.73 Å². The molecule has 1 saturated heterocycles. The topological polar surface area (TPSA) is 49.5 Å². The Bertz CT molecular complexity index is 95.1. The van der Waals surface area contributed by atoms with E-state index in [0.29, 0.717) is 5.92 Å². The van der Waals surface area contributed by atoms with E-state index in [-0.39, 0.29) is 0 Å². The molecule has 1 fully saturated rings. The van der Waals surface area contributed by atoms with E-state index in [1.54, 1.807) is 0 Å². The molecule has 0 amide bonds. The fourth-order valence-corrected chi connectivity index (χ4v) is 1.25. The molecule has 9 heavy (non-hydrogen) atoms. The first-order valence-corrected chi connectivity index (χ1v) is 3.32. The second kappa shape index (κ2) is 2.64. The van der Waals surface area contributed by atoms with Crippen LogP contribution in [0.25, 0.3) is 0 Å². The lowest BCUT2D eigenvalue weighted by atomic mass is 10.1. The highest BCUT2D eigenvalue weighted by Crippen LogP contribution is 2.14. The first-order chi connectivity index (χ1) is 4.20. The van der Waals surface area contributed by atoms with Gasteiger partial charge in [0.2, 0.25) is 0 Å². The van der Waals surface area contributed by atoms with Gasteiger partial charge in [0.05, 0.1) is 0 Å². The molecule has 0 spiro atoms. The predicted octanol–water partition coefficient (Wildman–Crippen LogP) is -0.785. The van der Waals surface area contributed by atoms with Crippen molar-refractivity contribution in [2.45, 2.75) is 12.6 Å². The molecule has 0 aromatic rings. The molecule has 0 aliphatic carbocycles. The quantitative estimate of drug-likeness (QED) is 0.458. The molecule has 54 valence electrons. The molecule has 0 aromatic heterocycles. The van der Waals surface area contributed by atoms with Crippen molar-refractivity contribution >= 4 is 0 Å². The minimum Gasteiger partial charge on any atom is -0.378 e. The molecule has 1 rings (SSSR count). The zero-order chi connectivity index (χ0) is 6.85.